The molecule has 2 aromatic heterocycles. The van der Waals surface area contributed by atoms with E-state index in [1.165, 1.54) is 6.26 Å². The molecule has 0 aliphatic heterocycles. The first kappa shape index (κ1) is 15.9. The van der Waals surface area contributed by atoms with Gasteiger partial charge in [0.2, 0.25) is 0 Å². The highest BCUT2D eigenvalue weighted by Gasteiger charge is 2.35. The number of rotatable bonds is 4. The third-order valence-corrected chi connectivity index (χ3v) is 5.76. The Kier molecular flexibility index (Phi) is 3.65. The SMILES string of the molecule is CC(C)(Cc1nc2ccccc2c2nc[nH]c12)C(N)S(C)(=O)=O. The molecule has 0 spiro atoms. The maximum absolute atomic E-state index is 11.8. The van der Waals surface area contributed by atoms with Crippen LogP contribution >= 0.6 is 0 Å². The second-order valence-electron chi connectivity index (χ2n) is 6.62. The van der Waals surface area contributed by atoms with Gasteiger partial charge in [0.15, 0.2) is 9.84 Å². The van der Waals surface area contributed by atoms with Crippen molar-refractivity contribution >= 4 is 31.8 Å². The Bertz CT molecular complexity index is 976. The van der Waals surface area contributed by atoms with Crippen LogP contribution in [0.4, 0.5) is 0 Å². The highest BCUT2D eigenvalue weighted by molar-refractivity contribution is 7.91. The van der Waals surface area contributed by atoms with Crippen molar-refractivity contribution in [3.63, 3.8) is 0 Å². The van der Waals surface area contributed by atoms with Crippen molar-refractivity contribution in [3.8, 4) is 0 Å². The number of imidazole rings is 1. The lowest BCUT2D eigenvalue weighted by molar-refractivity contribution is 0.337. The first-order valence-corrected chi connectivity index (χ1v) is 9.31. The van der Waals surface area contributed by atoms with E-state index in [2.05, 4.69) is 9.97 Å². The van der Waals surface area contributed by atoms with E-state index in [1.807, 2.05) is 38.1 Å². The maximum Gasteiger partial charge on any atom is 0.163 e. The van der Waals surface area contributed by atoms with Crippen molar-refractivity contribution in [2.75, 3.05) is 6.26 Å². The quantitative estimate of drug-likeness (QED) is 0.761. The number of pyridine rings is 1. The Balaban J connectivity index is 2.14. The maximum atomic E-state index is 11.8. The predicted octanol–water partition coefficient (Wildman–Crippen LogP) is 2.01. The van der Waals surface area contributed by atoms with E-state index in [-0.39, 0.29) is 0 Å². The summed E-state index contributed by atoms with van der Waals surface area (Å²) in [7, 11) is -3.34. The molecule has 2 heterocycles. The third kappa shape index (κ3) is 2.82. The fraction of sp³-hybridized carbons (Fsp3) is 0.375. The van der Waals surface area contributed by atoms with Crippen molar-refractivity contribution in [2.45, 2.75) is 25.6 Å². The molecule has 0 saturated heterocycles. The molecule has 7 heteroatoms. The minimum absolute atomic E-state index is 0.435. The zero-order valence-electron chi connectivity index (χ0n) is 13.4. The molecule has 0 radical (unpaired) electrons. The molecular weight excluding hydrogens is 312 g/mol. The fourth-order valence-corrected chi connectivity index (χ4v) is 4.17. The van der Waals surface area contributed by atoms with Crippen LogP contribution in [0.1, 0.15) is 19.5 Å². The monoisotopic (exact) mass is 332 g/mol. The molecule has 1 atom stereocenters. The van der Waals surface area contributed by atoms with Gasteiger partial charge < -0.3 is 10.7 Å². The van der Waals surface area contributed by atoms with Gasteiger partial charge in [0.05, 0.1) is 28.6 Å². The van der Waals surface area contributed by atoms with E-state index in [4.69, 9.17) is 10.7 Å². The second-order valence-corrected chi connectivity index (χ2v) is 8.78. The summed E-state index contributed by atoms with van der Waals surface area (Å²) in [5.74, 6) is 0. The lowest BCUT2D eigenvalue weighted by Crippen LogP contribution is -2.44. The molecule has 0 amide bonds. The predicted molar refractivity (Wildman–Crippen MR) is 91.7 cm³/mol. The van der Waals surface area contributed by atoms with Gasteiger partial charge >= 0.3 is 0 Å². The number of nitrogens with two attached hydrogens (primary N) is 1. The average molecular weight is 332 g/mol. The molecule has 0 aliphatic carbocycles. The van der Waals surface area contributed by atoms with Gasteiger partial charge in [0.1, 0.15) is 5.37 Å². The number of nitrogens with zero attached hydrogens (tertiary/aromatic N) is 2. The Morgan fingerprint density at radius 3 is 2.70 bits per heavy atom. The van der Waals surface area contributed by atoms with Crippen LogP contribution in [0.2, 0.25) is 0 Å². The van der Waals surface area contributed by atoms with Crippen LogP contribution in [0.15, 0.2) is 30.6 Å². The number of hydrogen-bond donors (Lipinski definition) is 2. The Morgan fingerprint density at radius 2 is 2.00 bits per heavy atom. The molecule has 0 saturated carbocycles. The van der Waals surface area contributed by atoms with Crippen LogP contribution in [-0.4, -0.2) is 35.0 Å². The van der Waals surface area contributed by atoms with Crippen LogP contribution in [-0.2, 0) is 16.3 Å². The number of benzene rings is 1. The van der Waals surface area contributed by atoms with E-state index in [0.29, 0.717) is 6.42 Å². The average Bonchev–Trinajstić information content (AvgIpc) is 2.95. The molecule has 0 bridgehead atoms. The van der Waals surface area contributed by atoms with Crippen molar-refractivity contribution in [1.82, 2.24) is 15.0 Å². The van der Waals surface area contributed by atoms with Crippen molar-refractivity contribution < 1.29 is 8.42 Å². The number of hydrogen-bond acceptors (Lipinski definition) is 5. The first-order chi connectivity index (χ1) is 10.7. The van der Waals surface area contributed by atoms with Gasteiger partial charge in [-0.2, -0.15) is 0 Å². The second kappa shape index (κ2) is 5.28. The molecular formula is C16H20N4O2S. The zero-order valence-corrected chi connectivity index (χ0v) is 14.2. The number of nitrogens with one attached hydrogen (secondary N) is 1. The number of fused-ring (bicyclic) bond motifs is 3. The number of aromatic nitrogens is 3. The van der Waals surface area contributed by atoms with Gasteiger partial charge in [-0.15, -0.1) is 0 Å². The minimum Gasteiger partial charge on any atom is -0.343 e. The third-order valence-electron chi connectivity index (χ3n) is 4.20. The highest BCUT2D eigenvalue weighted by atomic mass is 32.2. The molecule has 1 aromatic carbocycles. The first-order valence-electron chi connectivity index (χ1n) is 7.35. The summed E-state index contributed by atoms with van der Waals surface area (Å²) in [4.78, 5) is 12.2. The van der Waals surface area contributed by atoms with Crippen molar-refractivity contribution in [3.05, 3.63) is 36.3 Å². The van der Waals surface area contributed by atoms with E-state index in [1.54, 1.807) is 6.33 Å². The Morgan fingerprint density at radius 1 is 1.30 bits per heavy atom. The van der Waals surface area contributed by atoms with Gasteiger partial charge in [-0.25, -0.2) is 13.4 Å². The fourth-order valence-electron chi connectivity index (χ4n) is 2.93. The van der Waals surface area contributed by atoms with E-state index >= 15 is 0 Å². The molecule has 122 valence electrons. The number of para-hydroxylation sites is 1. The highest BCUT2D eigenvalue weighted by Crippen LogP contribution is 2.31. The molecule has 3 rings (SSSR count). The van der Waals surface area contributed by atoms with E-state index < -0.39 is 20.6 Å². The van der Waals surface area contributed by atoms with Gasteiger partial charge in [0, 0.05) is 11.6 Å². The summed E-state index contributed by atoms with van der Waals surface area (Å²) >= 11 is 0. The molecule has 3 N–H and O–H groups in total. The summed E-state index contributed by atoms with van der Waals surface area (Å²) in [6, 6.07) is 7.77. The van der Waals surface area contributed by atoms with Gasteiger partial charge in [-0.3, -0.25) is 4.98 Å². The summed E-state index contributed by atoms with van der Waals surface area (Å²) in [5, 5.41) is 0.0129. The van der Waals surface area contributed by atoms with Crippen molar-refractivity contribution in [2.24, 2.45) is 11.1 Å². The standard InChI is InChI=1S/C16H20N4O2S/c1-16(2,15(17)23(3,21)22)8-12-14-13(18-9-19-14)10-6-4-5-7-11(10)20-12/h4-7,9,15H,8,17H2,1-3H3,(H,18,19). The molecule has 1 unspecified atom stereocenters. The summed E-state index contributed by atoms with van der Waals surface area (Å²) < 4.78 is 23.7. The number of H-pyrrole nitrogens is 1. The number of aromatic amines is 1. The van der Waals surface area contributed by atoms with Gasteiger partial charge in [-0.05, 0) is 17.9 Å². The van der Waals surface area contributed by atoms with Gasteiger partial charge in [-0.1, -0.05) is 32.0 Å². The summed E-state index contributed by atoms with van der Waals surface area (Å²) in [6.45, 7) is 3.69. The van der Waals surface area contributed by atoms with Crippen LogP contribution in [0.5, 0.6) is 0 Å². The van der Waals surface area contributed by atoms with Gasteiger partial charge in [0.25, 0.3) is 0 Å². The molecule has 23 heavy (non-hydrogen) atoms. The summed E-state index contributed by atoms with van der Waals surface area (Å²) in [5.41, 5.74) is 8.60. The molecule has 0 fully saturated rings. The van der Waals surface area contributed by atoms with Crippen LogP contribution in [0.25, 0.3) is 21.9 Å². The smallest absolute Gasteiger partial charge is 0.163 e. The topological polar surface area (TPSA) is 102 Å². The lowest BCUT2D eigenvalue weighted by Gasteiger charge is -2.30. The molecule has 0 aliphatic rings. The Labute approximate surface area is 135 Å². The van der Waals surface area contributed by atoms with Crippen LogP contribution in [0.3, 0.4) is 0 Å². The van der Waals surface area contributed by atoms with E-state index in [0.717, 1.165) is 27.6 Å². The molecule has 6 nitrogen and oxygen atoms in total. The largest absolute Gasteiger partial charge is 0.343 e. The number of sulfone groups is 1. The van der Waals surface area contributed by atoms with Crippen LogP contribution < -0.4 is 5.73 Å². The molecule has 3 aromatic rings. The normalized spacial score (nSPS) is 14.4. The van der Waals surface area contributed by atoms with Crippen LogP contribution in [0, 0.1) is 5.41 Å². The van der Waals surface area contributed by atoms with E-state index in [9.17, 15) is 8.42 Å². The lowest BCUT2D eigenvalue weighted by atomic mass is 9.87. The zero-order chi connectivity index (χ0) is 16.8. The minimum atomic E-state index is -3.34. The summed E-state index contributed by atoms with van der Waals surface area (Å²) in [6.07, 6.45) is 3.23. The van der Waals surface area contributed by atoms with Crippen molar-refractivity contribution in [1.29, 1.82) is 0 Å². The Hall–Kier alpha value is -1.99.